The van der Waals surface area contributed by atoms with Crippen molar-refractivity contribution < 1.29 is 5.11 Å². The molecule has 0 amide bonds. The van der Waals surface area contributed by atoms with Gasteiger partial charge in [0, 0.05) is 29.8 Å². The Balaban J connectivity index is 1.97. The van der Waals surface area contributed by atoms with Crippen LogP contribution in [0.1, 0.15) is 26.0 Å². The summed E-state index contributed by atoms with van der Waals surface area (Å²) in [4.78, 5) is 7.04. The molecule has 0 aromatic carbocycles. The average Bonchev–Trinajstić information content (AvgIpc) is 2.70. The van der Waals surface area contributed by atoms with E-state index in [0.29, 0.717) is 4.75 Å². The van der Waals surface area contributed by atoms with Gasteiger partial charge in [-0.3, -0.25) is 4.40 Å². The molecule has 1 N–H and O–H groups in total. The van der Waals surface area contributed by atoms with Gasteiger partial charge in [0.2, 0.25) is 0 Å². The number of aliphatic hydroxyl groups excluding tert-OH is 1. The third-order valence-corrected chi connectivity index (χ3v) is 5.27. The molecule has 0 radical (unpaired) electrons. The summed E-state index contributed by atoms with van der Waals surface area (Å²) in [5.74, 6) is 2.04. The zero-order chi connectivity index (χ0) is 14.2. The molecule has 1 aliphatic rings. The zero-order valence-corrected chi connectivity index (χ0v) is 12.9. The van der Waals surface area contributed by atoms with E-state index in [0.717, 1.165) is 42.4 Å². The normalized spacial score (nSPS) is 19.2. The number of imidazole rings is 1. The quantitative estimate of drug-likeness (QED) is 0.923. The zero-order valence-electron chi connectivity index (χ0n) is 12.0. The van der Waals surface area contributed by atoms with Crippen molar-refractivity contribution in [2.45, 2.75) is 31.6 Å². The van der Waals surface area contributed by atoms with Crippen molar-refractivity contribution in [3.05, 3.63) is 30.1 Å². The molecule has 2 aromatic rings. The van der Waals surface area contributed by atoms with Crippen LogP contribution in [0.15, 0.2) is 24.4 Å². The second-order valence-corrected chi connectivity index (χ2v) is 7.62. The molecular formula is C15H21N3OS. The fourth-order valence-corrected chi connectivity index (χ4v) is 3.77. The number of anilines is 1. The molecule has 3 rings (SSSR count). The number of hydrogen-bond acceptors (Lipinski definition) is 4. The average molecular weight is 291 g/mol. The number of aliphatic hydroxyl groups is 1. The van der Waals surface area contributed by atoms with Crippen LogP contribution < -0.4 is 4.90 Å². The number of nitrogens with zero attached hydrogens (tertiary/aromatic N) is 3. The first-order chi connectivity index (χ1) is 9.61. The number of pyridine rings is 1. The molecule has 4 nitrogen and oxygen atoms in total. The lowest BCUT2D eigenvalue weighted by atomic mass is 10.1. The largest absolute Gasteiger partial charge is 0.390 e. The van der Waals surface area contributed by atoms with Crippen LogP contribution in [0.25, 0.3) is 5.65 Å². The van der Waals surface area contributed by atoms with E-state index in [1.165, 1.54) is 0 Å². The van der Waals surface area contributed by atoms with E-state index in [9.17, 15) is 5.11 Å². The van der Waals surface area contributed by atoms with Gasteiger partial charge in [-0.2, -0.15) is 11.8 Å². The predicted octanol–water partition coefficient (Wildman–Crippen LogP) is 2.55. The van der Waals surface area contributed by atoms with Gasteiger partial charge in [-0.25, -0.2) is 4.98 Å². The number of rotatable bonds is 2. The fourth-order valence-electron chi connectivity index (χ4n) is 2.67. The Hall–Kier alpha value is -1.20. The molecular weight excluding hydrogens is 270 g/mol. The molecule has 1 aliphatic heterocycles. The van der Waals surface area contributed by atoms with Crippen LogP contribution in [-0.2, 0) is 6.61 Å². The molecule has 0 spiro atoms. The van der Waals surface area contributed by atoms with Crippen LogP contribution in [0.3, 0.4) is 0 Å². The number of hydrogen-bond donors (Lipinski definition) is 1. The molecule has 0 saturated carbocycles. The lowest BCUT2D eigenvalue weighted by Crippen LogP contribution is -2.28. The first-order valence-electron chi connectivity index (χ1n) is 7.06. The lowest BCUT2D eigenvalue weighted by molar-refractivity contribution is 0.276. The molecule has 0 bridgehead atoms. The molecule has 2 aromatic heterocycles. The fraction of sp³-hybridized carbons (Fsp3) is 0.533. The summed E-state index contributed by atoms with van der Waals surface area (Å²) in [6.07, 6.45) is 3.10. The number of thioether (sulfide) groups is 1. The van der Waals surface area contributed by atoms with Crippen molar-refractivity contribution in [3.63, 3.8) is 0 Å². The van der Waals surface area contributed by atoms with Crippen molar-refractivity contribution >= 4 is 23.2 Å². The predicted molar refractivity (Wildman–Crippen MR) is 84.5 cm³/mol. The van der Waals surface area contributed by atoms with Crippen LogP contribution in [0.5, 0.6) is 0 Å². The minimum absolute atomic E-state index is 0.0214. The van der Waals surface area contributed by atoms with E-state index in [2.05, 4.69) is 18.7 Å². The summed E-state index contributed by atoms with van der Waals surface area (Å²) in [6.45, 7) is 6.62. The minimum atomic E-state index is 0.0214. The van der Waals surface area contributed by atoms with Gasteiger partial charge in [0.25, 0.3) is 0 Å². The SMILES string of the molecule is CC1(C)CCN(c2nc3ccccn3c2CO)CCS1. The number of fused-ring (bicyclic) bond motifs is 1. The Morgan fingerprint density at radius 1 is 1.35 bits per heavy atom. The van der Waals surface area contributed by atoms with Gasteiger partial charge in [0.05, 0.1) is 12.3 Å². The summed E-state index contributed by atoms with van der Waals surface area (Å²) < 4.78 is 2.31. The highest BCUT2D eigenvalue weighted by molar-refractivity contribution is 8.00. The number of aromatic nitrogens is 2. The first kappa shape index (κ1) is 13.8. The molecule has 1 fully saturated rings. The van der Waals surface area contributed by atoms with E-state index in [1.807, 2.05) is 40.6 Å². The maximum Gasteiger partial charge on any atom is 0.153 e. The highest BCUT2D eigenvalue weighted by atomic mass is 32.2. The molecule has 3 heterocycles. The third-order valence-electron chi connectivity index (χ3n) is 3.89. The van der Waals surface area contributed by atoms with Gasteiger partial charge < -0.3 is 10.0 Å². The van der Waals surface area contributed by atoms with Crippen LogP contribution in [0, 0.1) is 0 Å². The Morgan fingerprint density at radius 3 is 3.00 bits per heavy atom. The molecule has 108 valence electrons. The summed E-state index contributed by atoms with van der Waals surface area (Å²) in [5.41, 5.74) is 1.80. The monoisotopic (exact) mass is 291 g/mol. The second kappa shape index (κ2) is 5.30. The van der Waals surface area contributed by atoms with Gasteiger partial charge in [0.15, 0.2) is 5.82 Å². The van der Waals surface area contributed by atoms with Gasteiger partial charge in [-0.1, -0.05) is 19.9 Å². The van der Waals surface area contributed by atoms with Gasteiger partial charge >= 0.3 is 0 Å². The molecule has 0 aliphatic carbocycles. The maximum atomic E-state index is 9.72. The van der Waals surface area contributed by atoms with Gasteiger partial charge in [-0.15, -0.1) is 0 Å². The van der Waals surface area contributed by atoms with E-state index in [1.54, 1.807) is 0 Å². The standard InChI is InChI=1S/C15H21N3OS/c1-15(2)6-8-17(9-10-20-15)14-12(11-19)18-7-4-3-5-13(18)16-14/h3-5,7,19H,6,8-11H2,1-2H3. The smallest absolute Gasteiger partial charge is 0.153 e. The lowest BCUT2D eigenvalue weighted by Gasteiger charge is -2.23. The Morgan fingerprint density at radius 2 is 2.20 bits per heavy atom. The highest BCUT2D eigenvalue weighted by Gasteiger charge is 2.26. The summed E-state index contributed by atoms with van der Waals surface area (Å²) in [5, 5.41) is 9.72. The van der Waals surface area contributed by atoms with Crippen molar-refractivity contribution in [1.82, 2.24) is 9.38 Å². The summed E-state index contributed by atoms with van der Waals surface area (Å²) >= 11 is 2.02. The molecule has 0 unspecified atom stereocenters. The summed E-state index contributed by atoms with van der Waals surface area (Å²) in [6, 6.07) is 5.94. The second-order valence-electron chi connectivity index (χ2n) is 5.81. The van der Waals surface area contributed by atoms with Crippen molar-refractivity contribution in [2.24, 2.45) is 0 Å². The Bertz CT molecular complexity index is 608. The topological polar surface area (TPSA) is 40.8 Å². The minimum Gasteiger partial charge on any atom is -0.390 e. The van der Waals surface area contributed by atoms with E-state index < -0.39 is 0 Å². The molecule has 5 heteroatoms. The van der Waals surface area contributed by atoms with Gasteiger partial charge in [0.1, 0.15) is 5.65 Å². The van der Waals surface area contributed by atoms with Crippen LogP contribution in [0.2, 0.25) is 0 Å². The van der Waals surface area contributed by atoms with Crippen molar-refractivity contribution in [1.29, 1.82) is 0 Å². The summed E-state index contributed by atoms with van der Waals surface area (Å²) in [7, 11) is 0. The Kier molecular flexibility index (Phi) is 3.65. The van der Waals surface area contributed by atoms with Crippen LogP contribution in [0.4, 0.5) is 5.82 Å². The Labute approximate surface area is 123 Å². The van der Waals surface area contributed by atoms with Crippen LogP contribution >= 0.6 is 11.8 Å². The third kappa shape index (κ3) is 2.52. The first-order valence-corrected chi connectivity index (χ1v) is 8.05. The van der Waals surface area contributed by atoms with E-state index in [4.69, 9.17) is 4.98 Å². The van der Waals surface area contributed by atoms with E-state index in [-0.39, 0.29) is 6.61 Å². The van der Waals surface area contributed by atoms with Crippen LogP contribution in [-0.4, -0.2) is 38.1 Å². The highest BCUT2D eigenvalue weighted by Crippen LogP contribution is 2.33. The van der Waals surface area contributed by atoms with Crippen molar-refractivity contribution in [3.8, 4) is 0 Å². The molecule has 1 saturated heterocycles. The van der Waals surface area contributed by atoms with Gasteiger partial charge in [-0.05, 0) is 18.6 Å². The molecule has 0 atom stereocenters. The molecule has 20 heavy (non-hydrogen) atoms. The maximum absolute atomic E-state index is 9.72. The van der Waals surface area contributed by atoms with E-state index >= 15 is 0 Å². The van der Waals surface area contributed by atoms with Crippen molar-refractivity contribution in [2.75, 3.05) is 23.7 Å².